The van der Waals surface area contributed by atoms with E-state index < -0.39 is 0 Å². The van der Waals surface area contributed by atoms with Crippen LogP contribution in [0.25, 0.3) is 11.5 Å². The Hall–Kier alpha value is -2.76. The number of unbranched alkanes of at least 4 members (excludes halogenated alkanes) is 5. The molecule has 0 spiro atoms. The first-order chi connectivity index (χ1) is 17.8. The van der Waals surface area contributed by atoms with Gasteiger partial charge in [-0.25, -0.2) is 0 Å². The van der Waals surface area contributed by atoms with Crippen LogP contribution in [0.3, 0.4) is 0 Å². The maximum Gasteiger partial charge on any atom is 0.257 e. The van der Waals surface area contributed by atoms with Gasteiger partial charge in [-0.2, -0.15) is 16.3 Å². The maximum absolute atomic E-state index is 5.57. The number of aromatic nitrogens is 2. The van der Waals surface area contributed by atoms with E-state index >= 15 is 0 Å². The molecule has 0 N–H and O–H groups in total. The molecule has 0 amide bonds. The molecule has 2 aromatic heterocycles. The summed E-state index contributed by atoms with van der Waals surface area (Å²) in [7, 11) is 0. The van der Waals surface area contributed by atoms with Crippen LogP contribution in [0.1, 0.15) is 80.9 Å². The minimum atomic E-state index is 0.351. The lowest BCUT2D eigenvalue weighted by Crippen LogP contribution is -2.29. The molecule has 0 bridgehead atoms. The molecule has 4 aromatic rings. The van der Waals surface area contributed by atoms with Crippen LogP contribution >= 0.6 is 11.3 Å². The molecular formula is C31H39N3OS. The van der Waals surface area contributed by atoms with Crippen molar-refractivity contribution in [2.24, 2.45) is 0 Å². The van der Waals surface area contributed by atoms with Crippen molar-refractivity contribution in [3.05, 3.63) is 93.9 Å². The first kappa shape index (κ1) is 26.3. The van der Waals surface area contributed by atoms with Crippen molar-refractivity contribution in [3.8, 4) is 11.5 Å². The number of benzene rings is 2. The average Bonchev–Trinajstić information content (AvgIpc) is 3.62. The van der Waals surface area contributed by atoms with Crippen LogP contribution in [-0.4, -0.2) is 21.6 Å². The van der Waals surface area contributed by atoms with Gasteiger partial charge in [-0.05, 0) is 65.0 Å². The molecule has 0 fully saturated rings. The van der Waals surface area contributed by atoms with Gasteiger partial charge in [0.2, 0.25) is 0 Å². The van der Waals surface area contributed by atoms with Gasteiger partial charge in [0.25, 0.3) is 5.89 Å². The Balaban J connectivity index is 1.37. The van der Waals surface area contributed by atoms with Crippen LogP contribution in [0.2, 0.25) is 0 Å². The molecule has 0 radical (unpaired) electrons. The Morgan fingerprint density at radius 3 is 2.36 bits per heavy atom. The lowest BCUT2D eigenvalue weighted by molar-refractivity contribution is 0.197. The van der Waals surface area contributed by atoms with Gasteiger partial charge in [0, 0.05) is 24.6 Å². The molecule has 4 rings (SSSR count). The predicted molar refractivity (Wildman–Crippen MR) is 150 cm³/mol. The van der Waals surface area contributed by atoms with Gasteiger partial charge in [-0.15, -0.1) is 0 Å². The monoisotopic (exact) mass is 501 g/mol. The Morgan fingerprint density at radius 1 is 0.861 bits per heavy atom. The standard InChI is InChI=1S/C31H39N3OS/c1-3-5-6-7-8-12-15-30-32-31(35-33-30)27-18-16-26(17-19-27)23-34(4-2)29(28-20-21-36-24-28)22-25-13-10-9-11-14-25/h9-11,13-14,16-21,24,29H,3-8,12,15,22-23H2,1-2H3. The van der Waals surface area contributed by atoms with E-state index in [2.05, 4.69) is 100 Å². The van der Waals surface area contributed by atoms with E-state index in [9.17, 15) is 0 Å². The summed E-state index contributed by atoms with van der Waals surface area (Å²) >= 11 is 1.77. The molecule has 2 heterocycles. The minimum Gasteiger partial charge on any atom is -0.334 e. The predicted octanol–water partition coefficient (Wildman–Crippen LogP) is 8.51. The van der Waals surface area contributed by atoms with Crippen LogP contribution in [-0.2, 0) is 19.4 Å². The second kappa shape index (κ2) is 14.1. The second-order valence-corrected chi connectivity index (χ2v) is 10.3. The molecule has 2 aromatic carbocycles. The highest BCUT2D eigenvalue weighted by atomic mass is 32.1. The summed E-state index contributed by atoms with van der Waals surface area (Å²) in [6.45, 7) is 6.39. The molecular weight excluding hydrogens is 462 g/mol. The fraction of sp³-hybridized carbons (Fsp3) is 0.419. The summed E-state index contributed by atoms with van der Waals surface area (Å²) in [4.78, 5) is 7.21. The van der Waals surface area contributed by atoms with E-state index in [1.807, 2.05) is 0 Å². The summed E-state index contributed by atoms with van der Waals surface area (Å²) in [5.41, 5.74) is 5.05. The first-order valence-electron chi connectivity index (χ1n) is 13.5. The maximum atomic E-state index is 5.57. The summed E-state index contributed by atoms with van der Waals surface area (Å²) in [5, 5.41) is 8.68. The van der Waals surface area contributed by atoms with Gasteiger partial charge in [-0.1, -0.05) is 93.6 Å². The van der Waals surface area contributed by atoms with Crippen LogP contribution < -0.4 is 0 Å². The van der Waals surface area contributed by atoms with Gasteiger partial charge >= 0.3 is 0 Å². The average molecular weight is 502 g/mol. The third kappa shape index (κ3) is 7.62. The largest absolute Gasteiger partial charge is 0.334 e. The fourth-order valence-electron chi connectivity index (χ4n) is 4.73. The van der Waals surface area contributed by atoms with Crippen LogP contribution in [0.5, 0.6) is 0 Å². The Kier molecular flexibility index (Phi) is 10.3. The number of rotatable bonds is 15. The van der Waals surface area contributed by atoms with E-state index in [-0.39, 0.29) is 0 Å². The van der Waals surface area contributed by atoms with E-state index in [0.717, 1.165) is 43.7 Å². The number of likely N-dealkylation sites (N-methyl/N-ethyl adjacent to an activating group) is 1. The molecule has 1 unspecified atom stereocenters. The highest BCUT2D eigenvalue weighted by molar-refractivity contribution is 7.07. The molecule has 4 nitrogen and oxygen atoms in total. The summed E-state index contributed by atoms with van der Waals surface area (Å²) < 4.78 is 5.57. The Bertz CT molecular complexity index is 1120. The molecule has 0 aliphatic heterocycles. The van der Waals surface area contributed by atoms with E-state index in [4.69, 9.17) is 4.52 Å². The van der Waals surface area contributed by atoms with Crippen molar-refractivity contribution in [1.29, 1.82) is 0 Å². The van der Waals surface area contributed by atoms with Crippen LogP contribution in [0.15, 0.2) is 75.9 Å². The summed E-state index contributed by atoms with van der Waals surface area (Å²) in [6, 6.07) is 22.0. The smallest absolute Gasteiger partial charge is 0.257 e. The van der Waals surface area contributed by atoms with E-state index in [0.29, 0.717) is 11.9 Å². The quantitative estimate of drug-likeness (QED) is 0.153. The molecule has 5 heteroatoms. The first-order valence-corrected chi connectivity index (χ1v) is 14.4. The SMILES string of the molecule is CCCCCCCCc1noc(-c2ccc(CN(CC)C(Cc3ccccc3)c3ccsc3)cc2)n1. The number of aryl methyl sites for hydroxylation is 1. The van der Waals surface area contributed by atoms with Crippen molar-refractivity contribution in [1.82, 2.24) is 15.0 Å². The normalized spacial score (nSPS) is 12.3. The molecule has 36 heavy (non-hydrogen) atoms. The van der Waals surface area contributed by atoms with E-state index in [1.54, 1.807) is 11.3 Å². The van der Waals surface area contributed by atoms with E-state index in [1.165, 1.54) is 48.8 Å². The highest BCUT2D eigenvalue weighted by Crippen LogP contribution is 2.29. The Labute approximate surface area is 220 Å². The van der Waals surface area contributed by atoms with Gasteiger partial charge < -0.3 is 4.52 Å². The lowest BCUT2D eigenvalue weighted by Gasteiger charge is -2.31. The lowest BCUT2D eigenvalue weighted by atomic mass is 9.98. The third-order valence-corrected chi connectivity index (χ3v) is 7.56. The van der Waals surface area contributed by atoms with Gasteiger partial charge in [0.05, 0.1) is 0 Å². The number of hydrogen-bond donors (Lipinski definition) is 0. The zero-order valence-corrected chi connectivity index (χ0v) is 22.6. The molecule has 1 atom stereocenters. The highest BCUT2D eigenvalue weighted by Gasteiger charge is 2.21. The fourth-order valence-corrected chi connectivity index (χ4v) is 5.43. The molecule has 0 saturated heterocycles. The number of thiophene rings is 1. The zero-order chi connectivity index (χ0) is 25.0. The summed E-state index contributed by atoms with van der Waals surface area (Å²) in [6.07, 6.45) is 9.51. The van der Waals surface area contributed by atoms with Crippen molar-refractivity contribution in [2.75, 3.05) is 6.54 Å². The molecule has 0 saturated carbocycles. The molecule has 190 valence electrons. The van der Waals surface area contributed by atoms with Gasteiger partial charge in [0.15, 0.2) is 5.82 Å². The number of nitrogens with zero attached hydrogens (tertiary/aromatic N) is 3. The van der Waals surface area contributed by atoms with Gasteiger partial charge in [0.1, 0.15) is 0 Å². The Morgan fingerprint density at radius 2 is 1.64 bits per heavy atom. The van der Waals surface area contributed by atoms with Crippen LogP contribution in [0.4, 0.5) is 0 Å². The van der Waals surface area contributed by atoms with Crippen molar-refractivity contribution in [2.45, 2.75) is 77.8 Å². The minimum absolute atomic E-state index is 0.351. The zero-order valence-electron chi connectivity index (χ0n) is 21.7. The summed E-state index contributed by atoms with van der Waals surface area (Å²) in [5.74, 6) is 1.44. The molecule has 0 aliphatic rings. The van der Waals surface area contributed by atoms with Crippen molar-refractivity contribution in [3.63, 3.8) is 0 Å². The van der Waals surface area contributed by atoms with Crippen molar-refractivity contribution < 1.29 is 4.52 Å². The number of hydrogen-bond acceptors (Lipinski definition) is 5. The van der Waals surface area contributed by atoms with Crippen LogP contribution in [0, 0.1) is 0 Å². The van der Waals surface area contributed by atoms with Crippen molar-refractivity contribution >= 4 is 11.3 Å². The molecule has 0 aliphatic carbocycles. The van der Waals surface area contributed by atoms with Gasteiger partial charge in [-0.3, -0.25) is 4.90 Å². The second-order valence-electron chi connectivity index (χ2n) is 9.56. The third-order valence-electron chi connectivity index (χ3n) is 6.86. The topological polar surface area (TPSA) is 42.2 Å².